The van der Waals surface area contributed by atoms with Crippen LogP contribution >= 0.6 is 0 Å². The first kappa shape index (κ1) is 17.2. The van der Waals surface area contributed by atoms with Gasteiger partial charge in [0.05, 0.1) is 13.2 Å². The van der Waals surface area contributed by atoms with E-state index in [1.165, 1.54) is 16.7 Å². The van der Waals surface area contributed by atoms with Gasteiger partial charge in [0.15, 0.2) is 0 Å². The fourth-order valence-electron chi connectivity index (χ4n) is 2.22. The maximum atomic E-state index is 11.8. The van der Waals surface area contributed by atoms with Gasteiger partial charge in [0, 0.05) is 6.54 Å². The molecule has 1 rings (SSSR count). The molecule has 0 bridgehead atoms. The van der Waals surface area contributed by atoms with Gasteiger partial charge < -0.3 is 4.74 Å². The molecule has 1 aromatic carbocycles. The standard InChI is InChI=1S/C16H24N2O3/c1-5-18(11-15(19)17-16(20)21-6-2)10-14-8-12(3)7-13(4)9-14/h7-9H,5-6,10-11H2,1-4H3,(H,17,19,20). The number of nitrogens with zero attached hydrogens (tertiary/aromatic N) is 1. The number of rotatable bonds is 6. The molecule has 2 amide bonds. The number of hydrogen-bond donors (Lipinski definition) is 1. The number of imide groups is 1. The highest BCUT2D eigenvalue weighted by Gasteiger charge is 2.13. The van der Waals surface area contributed by atoms with Gasteiger partial charge in [0.2, 0.25) is 5.91 Å². The van der Waals surface area contributed by atoms with Crippen molar-refractivity contribution in [3.63, 3.8) is 0 Å². The van der Waals surface area contributed by atoms with E-state index >= 15 is 0 Å². The SMILES string of the molecule is CCOC(=O)NC(=O)CN(CC)Cc1cc(C)cc(C)c1. The topological polar surface area (TPSA) is 58.6 Å². The van der Waals surface area contributed by atoms with Crippen LogP contribution in [0.3, 0.4) is 0 Å². The van der Waals surface area contributed by atoms with Crippen molar-refractivity contribution in [1.82, 2.24) is 10.2 Å². The summed E-state index contributed by atoms with van der Waals surface area (Å²) in [4.78, 5) is 24.9. The van der Waals surface area contributed by atoms with E-state index in [-0.39, 0.29) is 19.1 Å². The van der Waals surface area contributed by atoms with Crippen LogP contribution in [0, 0.1) is 13.8 Å². The molecule has 0 aliphatic carbocycles. The van der Waals surface area contributed by atoms with Crippen molar-refractivity contribution < 1.29 is 14.3 Å². The summed E-state index contributed by atoms with van der Waals surface area (Å²) in [5.74, 6) is -0.348. The zero-order chi connectivity index (χ0) is 15.8. The zero-order valence-electron chi connectivity index (χ0n) is 13.2. The van der Waals surface area contributed by atoms with Crippen LogP contribution in [0.25, 0.3) is 0 Å². The van der Waals surface area contributed by atoms with Crippen molar-refractivity contribution in [2.24, 2.45) is 0 Å². The molecule has 116 valence electrons. The first-order valence-corrected chi connectivity index (χ1v) is 7.20. The Morgan fingerprint density at radius 2 is 1.76 bits per heavy atom. The van der Waals surface area contributed by atoms with Crippen LogP contribution in [0.4, 0.5) is 4.79 Å². The van der Waals surface area contributed by atoms with E-state index in [0.29, 0.717) is 6.54 Å². The van der Waals surface area contributed by atoms with E-state index in [1.807, 2.05) is 11.8 Å². The molecule has 5 heteroatoms. The number of nitrogens with one attached hydrogen (secondary N) is 1. The van der Waals surface area contributed by atoms with Gasteiger partial charge in [-0.25, -0.2) is 4.79 Å². The Bertz CT molecular complexity index is 480. The summed E-state index contributed by atoms with van der Waals surface area (Å²) in [5.41, 5.74) is 3.58. The van der Waals surface area contributed by atoms with Gasteiger partial charge in [-0.15, -0.1) is 0 Å². The van der Waals surface area contributed by atoms with Crippen LogP contribution in [0.5, 0.6) is 0 Å². The fourth-order valence-corrected chi connectivity index (χ4v) is 2.22. The number of benzene rings is 1. The van der Waals surface area contributed by atoms with Gasteiger partial charge in [-0.2, -0.15) is 0 Å². The third kappa shape index (κ3) is 6.40. The van der Waals surface area contributed by atoms with E-state index in [9.17, 15) is 9.59 Å². The molecule has 0 spiro atoms. The Hall–Kier alpha value is -1.88. The molecule has 1 aromatic rings. The summed E-state index contributed by atoms with van der Waals surface area (Å²) in [7, 11) is 0. The third-order valence-electron chi connectivity index (χ3n) is 3.02. The number of amides is 2. The highest BCUT2D eigenvalue weighted by atomic mass is 16.5. The van der Waals surface area contributed by atoms with E-state index in [0.717, 1.165) is 6.54 Å². The van der Waals surface area contributed by atoms with Gasteiger partial charge in [-0.3, -0.25) is 15.0 Å². The van der Waals surface area contributed by atoms with Crippen molar-refractivity contribution in [3.05, 3.63) is 34.9 Å². The lowest BCUT2D eigenvalue weighted by Gasteiger charge is -2.20. The van der Waals surface area contributed by atoms with Gasteiger partial charge in [-0.1, -0.05) is 36.2 Å². The molecular formula is C16H24N2O3. The predicted octanol–water partition coefficient (Wildman–Crippen LogP) is 2.40. The van der Waals surface area contributed by atoms with Crippen LogP contribution in [0.2, 0.25) is 0 Å². The smallest absolute Gasteiger partial charge is 0.413 e. The second kappa shape index (κ2) is 8.42. The highest BCUT2D eigenvalue weighted by molar-refractivity contribution is 5.92. The minimum Gasteiger partial charge on any atom is -0.450 e. The second-order valence-electron chi connectivity index (χ2n) is 5.07. The van der Waals surface area contributed by atoms with Crippen LogP contribution in [-0.2, 0) is 16.1 Å². The molecule has 0 heterocycles. The van der Waals surface area contributed by atoms with Crippen molar-refractivity contribution in [3.8, 4) is 0 Å². The number of hydrogen-bond acceptors (Lipinski definition) is 4. The molecule has 0 unspecified atom stereocenters. The number of aryl methyl sites for hydroxylation is 2. The lowest BCUT2D eigenvalue weighted by Crippen LogP contribution is -2.40. The van der Waals surface area contributed by atoms with Crippen molar-refractivity contribution in [1.29, 1.82) is 0 Å². The molecule has 0 radical (unpaired) electrons. The monoisotopic (exact) mass is 292 g/mol. The average molecular weight is 292 g/mol. The van der Waals surface area contributed by atoms with Gasteiger partial charge >= 0.3 is 6.09 Å². The maximum Gasteiger partial charge on any atom is 0.413 e. The van der Waals surface area contributed by atoms with Crippen LogP contribution in [-0.4, -0.2) is 36.6 Å². The van der Waals surface area contributed by atoms with E-state index in [2.05, 4.69) is 42.1 Å². The molecule has 0 saturated heterocycles. The van der Waals surface area contributed by atoms with Crippen molar-refractivity contribution in [2.45, 2.75) is 34.2 Å². The Labute approximate surface area is 126 Å². The quantitative estimate of drug-likeness (QED) is 0.874. The molecule has 0 aliphatic rings. The minimum absolute atomic E-state index is 0.169. The zero-order valence-corrected chi connectivity index (χ0v) is 13.2. The van der Waals surface area contributed by atoms with Gasteiger partial charge in [0.1, 0.15) is 0 Å². The molecule has 0 aromatic heterocycles. The number of carbonyl (C=O) groups is 2. The normalized spacial score (nSPS) is 10.5. The molecule has 1 N–H and O–H groups in total. The van der Waals surface area contributed by atoms with E-state index < -0.39 is 6.09 Å². The van der Waals surface area contributed by atoms with Crippen LogP contribution in [0.15, 0.2) is 18.2 Å². The average Bonchev–Trinajstić information content (AvgIpc) is 2.36. The van der Waals surface area contributed by atoms with E-state index in [1.54, 1.807) is 6.92 Å². The maximum absolute atomic E-state index is 11.8. The largest absolute Gasteiger partial charge is 0.450 e. The van der Waals surface area contributed by atoms with Crippen molar-refractivity contribution in [2.75, 3.05) is 19.7 Å². The van der Waals surface area contributed by atoms with Gasteiger partial charge in [0.25, 0.3) is 0 Å². The highest BCUT2D eigenvalue weighted by Crippen LogP contribution is 2.11. The summed E-state index contributed by atoms with van der Waals surface area (Å²) in [6.45, 7) is 9.61. The lowest BCUT2D eigenvalue weighted by atomic mass is 10.1. The summed E-state index contributed by atoms with van der Waals surface area (Å²) in [5, 5.41) is 2.21. The van der Waals surface area contributed by atoms with E-state index in [4.69, 9.17) is 0 Å². The number of likely N-dealkylation sites (N-methyl/N-ethyl adjacent to an activating group) is 1. The third-order valence-corrected chi connectivity index (χ3v) is 3.02. The first-order valence-electron chi connectivity index (χ1n) is 7.20. The minimum atomic E-state index is -0.690. The van der Waals surface area contributed by atoms with Gasteiger partial charge in [-0.05, 0) is 32.9 Å². The summed E-state index contributed by atoms with van der Waals surface area (Å²) in [6.07, 6.45) is -0.690. The lowest BCUT2D eigenvalue weighted by molar-refractivity contribution is -0.121. The summed E-state index contributed by atoms with van der Waals surface area (Å²) in [6, 6.07) is 6.34. The predicted molar refractivity (Wildman–Crippen MR) is 82.0 cm³/mol. The fraction of sp³-hybridized carbons (Fsp3) is 0.500. The Kier molecular flexibility index (Phi) is 6.88. The molecule has 0 saturated carbocycles. The Morgan fingerprint density at radius 1 is 1.14 bits per heavy atom. The second-order valence-corrected chi connectivity index (χ2v) is 5.07. The first-order chi connectivity index (χ1) is 9.94. The molecule has 0 aliphatic heterocycles. The number of carbonyl (C=O) groups excluding carboxylic acids is 2. The molecule has 21 heavy (non-hydrogen) atoms. The van der Waals surface area contributed by atoms with Crippen molar-refractivity contribution >= 4 is 12.0 Å². The molecular weight excluding hydrogens is 268 g/mol. The molecule has 0 atom stereocenters. The molecule has 0 fully saturated rings. The van der Waals surface area contributed by atoms with Crippen LogP contribution in [0.1, 0.15) is 30.5 Å². The number of ether oxygens (including phenoxy) is 1. The summed E-state index contributed by atoms with van der Waals surface area (Å²) < 4.78 is 4.69. The number of alkyl carbamates (subject to hydrolysis) is 1. The molecule has 5 nitrogen and oxygen atoms in total. The Balaban J connectivity index is 2.58. The Morgan fingerprint density at radius 3 is 2.29 bits per heavy atom. The summed E-state index contributed by atoms with van der Waals surface area (Å²) >= 11 is 0. The van der Waals surface area contributed by atoms with Crippen LogP contribution < -0.4 is 5.32 Å².